The van der Waals surface area contributed by atoms with Crippen LogP contribution in [0.5, 0.6) is 0 Å². The van der Waals surface area contributed by atoms with Gasteiger partial charge in [0.15, 0.2) is 0 Å². The van der Waals surface area contributed by atoms with Gasteiger partial charge in [-0.2, -0.15) is 0 Å². The van der Waals surface area contributed by atoms with Crippen LogP contribution in [0.1, 0.15) is 72.1 Å². The van der Waals surface area contributed by atoms with Crippen LogP contribution in [-0.2, 0) is 28.3 Å². The molecule has 0 bridgehead atoms. The second-order valence-corrected chi connectivity index (χ2v) is 14.0. The van der Waals surface area contributed by atoms with Crippen LogP contribution in [0, 0.1) is 43.9 Å². The van der Waals surface area contributed by atoms with Gasteiger partial charge < -0.3 is 25.6 Å². The monoisotopic (exact) mass is 776 g/mol. The first-order valence-electron chi connectivity index (χ1n) is 15.7. The molecule has 0 unspecified atom stereocenters. The normalized spacial score (nSPS) is 19.2. The number of nitro groups is 2. The standard InChI is InChI=1S/C16H20N2O5.C9H17NO2.C7H5NO4.Cl2OS/c1-23-16(20)12-8-6-11(7-9-12)10-17-15(19)13-4-2-3-5-14(13)18(21)22;1-12-9(11)8-4-2-7(6-10)3-5-8;9-7(10)5-3-1-2-4-6(5)8(11)12;1-4(2)3/h2-5,11-12H,6-10H2,1H3,(H,17,19);7-8H,2-6,10H2,1H3;1-4H,(H,9,10);. The highest BCUT2D eigenvalue weighted by molar-refractivity contribution is 8.26. The van der Waals surface area contributed by atoms with Crippen LogP contribution >= 0.6 is 21.4 Å². The van der Waals surface area contributed by atoms with Gasteiger partial charge in [-0.05, 0) is 81.9 Å². The lowest BCUT2D eigenvalue weighted by atomic mass is 9.82. The Bertz CT molecular complexity index is 1460. The molecule has 0 aliphatic heterocycles. The van der Waals surface area contributed by atoms with Gasteiger partial charge in [-0.25, -0.2) is 9.00 Å². The van der Waals surface area contributed by atoms with Crippen molar-refractivity contribution in [2.45, 2.75) is 51.4 Å². The van der Waals surface area contributed by atoms with Crippen molar-refractivity contribution in [2.75, 3.05) is 27.3 Å². The van der Waals surface area contributed by atoms with Crippen LogP contribution in [0.4, 0.5) is 11.4 Å². The summed E-state index contributed by atoms with van der Waals surface area (Å²) in [7, 11) is 10.2. The fourth-order valence-electron chi connectivity index (χ4n) is 5.54. The zero-order valence-corrected chi connectivity index (χ0v) is 30.4. The molecule has 1 amide bonds. The molecule has 2 aromatic rings. The van der Waals surface area contributed by atoms with E-state index in [0.717, 1.165) is 64.0 Å². The summed E-state index contributed by atoms with van der Waals surface area (Å²) in [5.41, 5.74) is 4.74. The zero-order chi connectivity index (χ0) is 38.5. The van der Waals surface area contributed by atoms with Gasteiger partial charge in [0.05, 0.1) is 35.9 Å². The third kappa shape index (κ3) is 16.6. The predicted octanol–water partition coefficient (Wildman–Crippen LogP) is 5.56. The molecule has 0 radical (unpaired) electrons. The second-order valence-electron chi connectivity index (χ2n) is 11.5. The average molecular weight is 778 g/mol. The summed E-state index contributed by atoms with van der Waals surface area (Å²) >= 11 is 0. The lowest BCUT2D eigenvalue weighted by Crippen LogP contribution is -2.33. The number of nitrogens with two attached hydrogens (primary N) is 1. The number of rotatable bonds is 9. The molecule has 51 heavy (non-hydrogen) atoms. The van der Waals surface area contributed by atoms with Crippen LogP contribution in [0.2, 0.25) is 0 Å². The van der Waals surface area contributed by atoms with E-state index in [2.05, 4.69) is 31.4 Å². The van der Waals surface area contributed by atoms with Crippen molar-refractivity contribution in [3.05, 3.63) is 79.9 Å². The van der Waals surface area contributed by atoms with Gasteiger partial charge in [0.25, 0.3) is 17.3 Å². The summed E-state index contributed by atoms with van der Waals surface area (Å²) in [5.74, 6) is -0.957. The van der Waals surface area contributed by atoms with Crippen LogP contribution in [0.3, 0.4) is 0 Å². The van der Waals surface area contributed by atoms with E-state index in [1.165, 1.54) is 50.6 Å². The molecule has 0 aromatic heterocycles. The van der Waals surface area contributed by atoms with Gasteiger partial charge in [-0.1, -0.05) is 24.3 Å². The quantitative estimate of drug-likeness (QED) is 0.122. The molecule has 0 heterocycles. The number of nitrogens with zero attached hydrogens (tertiary/aromatic N) is 2. The lowest BCUT2D eigenvalue weighted by Gasteiger charge is -2.26. The first kappa shape index (κ1) is 44.8. The minimum atomic E-state index is -1.67. The number of halogens is 2. The Morgan fingerprint density at radius 1 is 0.784 bits per heavy atom. The van der Waals surface area contributed by atoms with Gasteiger partial charge in [0, 0.05) is 40.0 Å². The third-order valence-electron chi connectivity index (χ3n) is 8.32. The molecule has 2 aliphatic rings. The fraction of sp³-hybridized carbons (Fsp3) is 0.500. The predicted molar refractivity (Wildman–Crippen MR) is 189 cm³/mol. The minimum Gasteiger partial charge on any atom is -0.477 e. The van der Waals surface area contributed by atoms with Crippen molar-refractivity contribution >= 4 is 65.8 Å². The number of methoxy groups -OCH3 is 2. The van der Waals surface area contributed by atoms with Crippen molar-refractivity contribution in [3.8, 4) is 0 Å². The highest BCUT2D eigenvalue weighted by Gasteiger charge is 2.28. The van der Waals surface area contributed by atoms with Crippen molar-refractivity contribution in [2.24, 2.45) is 29.4 Å². The number of carboxylic acids is 1. The topological polar surface area (TPSA) is 248 Å². The maximum absolute atomic E-state index is 12.1. The third-order valence-corrected chi connectivity index (χ3v) is 8.32. The van der Waals surface area contributed by atoms with E-state index in [1.807, 2.05) is 0 Å². The van der Waals surface area contributed by atoms with E-state index in [4.69, 9.17) is 19.8 Å². The second kappa shape index (κ2) is 24.1. The molecule has 16 nitrogen and oxygen atoms in total. The largest absolute Gasteiger partial charge is 0.477 e. The first-order chi connectivity index (χ1) is 24.2. The zero-order valence-electron chi connectivity index (χ0n) is 28.1. The number of esters is 2. The van der Waals surface area contributed by atoms with Crippen molar-refractivity contribution in [3.63, 3.8) is 0 Å². The molecule has 0 atom stereocenters. The molecule has 2 saturated carbocycles. The van der Waals surface area contributed by atoms with Crippen LogP contribution < -0.4 is 11.1 Å². The van der Waals surface area contributed by atoms with Crippen molar-refractivity contribution in [1.29, 1.82) is 0 Å². The lowest BCUT2D eigenvalue weighted by molar-refractivity contribution is -0.385. The average Bonchev–Trinajstić information content (AvgIpc) is 3.13. The fourth-order valence-corrected chi connectivity index (χ4v) is 5.54. The molecule has 2 aliphatic carbocycles. The summed E-state index contributed by atoms with van der Waals surface area (Å²) in [6, 6.07) is 11.1. The highest BCUT2D eigenvalue weighted by Crippen LogP contribution is 2.30. The first-order valence-corrected chi connectivity index (χ1v) is 18.5. The summed E-state index contributed by atoms with van der Waals surface area (Å²) in [6.45, 7) is 1.21. The molecule has 19 heteroatoms. The number of hydrogen-bond donors (Lipinski definition) is 3. The Morgan fingerprint density at radius 2 is 1.16 bits per heavy atom. The number of carboxylic acid groups (broad SMARTS) is 1. The van der Waals surface area contributed by atoms with E-state index >= 15 is 0 Å². The Hall–Kier alpha value is -4.19. The Morgan fingerprint density at radius 3 is 1.51 bits per heavy atom. The number of benzene rings is 2. The Balaban J connectivity index is 0.000000392. The maximum atomic E-state index is 12.1. The van der Waals surface area contributed by atoms with Crippen LogP contribution in [-0.4, -0.2) is 70.3 Å². The number of ether oxygens (including phenoxy) is 2. The highest BCUT2D eigenvalue weighted by atomic mass is 36.0. The van der Waals surface area contributed by atoms with Gasteiger partial charge >= 0.3 is 17.9 Å². The van der Waals surface area contributed by atoms with Gasteiger partial charge in [-0.3, -0.25) is 34.6 Å². The number of carbonyl (C=O) groups excluding carboxylic acids is 3. The molecule has 2 aromatic carbocycles. The molecule has 282 valence electrons. The van der Waals surface area contributed by atoms with Gasteiger partial charge in [0.1, 0.15) is 11.1 Å². The van der Waals surface area contributed by atoms with E-state index < -0.39 is 30.9 Å². The maximum Gasteiger partial charge on any atom is 0.342 e. The molecule has 0 saturated heterocycles. The van der Waals surface area contributed by atoms with Crippen molar-refractivity contribution < 1.29 is 47.8 Å². The SMILES string of the molecule is COC(=O)C1CCC(CN)CC1.COC(=O)C1CCC(CNC(=O)c2ccccc2[N+](=O)[O-])CC1.O=C(O)c1ccccc1[N+](=O)[O-].O=S(Cl)Cl. The Kier molecular flexibility index (Phi) is 21.2. The number of carbonyl (C=O) groups is 4. The van der Waals surface area contributed by atoms with E-state index in [-0.39, 0.29) is 52.2 Å². The number of hydrogen-bond acceptors (Lipinski definition) is 12. The molecule has 4 N–H and O–H groups in total. The summed E-state index contributed by atoms with van der Waals surface area (Å²) in [6.07, 6.45) is 7.22. The Labute approximate surface area is 306 Å². The summed E-state index contributed by atoms with van der Waals surface area (Å²) in [4.78, 5) is 65.1. The molecule has 0 spiro atoms. The number of nitro benzene ring substituents is 2. The smallest absolute Gasteiger partial charge is 0.342 e. The van der Waals surface area contributed by atoms with Crippen molar-refractivity contribution in [1.82, 2.24) is 5.32 Å². The molecular formula is C32H42Cl2N4O12S. The number of aromatic carboxylic acids is 1. The van der Waals surface area contributed by atoms with E-state index in [0.29, 0.717) is 12.5 Å². The van der Waals surface area contributed by atoms with Gasteiger partial charge in [0.2, 0.25) is 9.23 Å². The molecule has 4 rings (SSSR count). The number of amides is 1. The van der Waals surface area contributed by atoms with Gasteiger partial charge in [-0.15, -0.1) is 0 Å². The summed E-state index contributed by atoms with van der Waals surface area (Å²) < 4.78 is 18.5. The van der Waals surface area contributed by atoms with Crippen LogP contribution in [0.25, 0.3) is 0 Å². The summed E-state index contributed by atoms with van der Waals surface area (Å²) in [5, 5.41) is 32.5. The van der Waals surface area contributed by atoms with Crippen LogP contribution in [0.15, 0.2) is 48.5 Å². The number of para-hydroxylation sites is 2. The minimum absolute atomic E-state index is 0.0505. The number of nitrogens with one attached hydrogen (secondary N) is 1. The van der Waals surface area contributed by atoms with E-state index in [9.17, 15) is 39.4 Å². The van der Waals surface area contributed by atoms with E-state index in [1.54, 1.807) is 6.07 Å². The molecule has 2 fully saturated rings. The molecular weight excluding hydrogens is 735 g/mol.